The van der Waals surface area contributed by atoms with E-state index in [0.717, 1.165) is 13.1 Å². The number of rotatable bonds is 5. The van der Waals surface area contributed by atoms with Crippen molar-refractivity contribution < 1.29 is 19.1 Å². The summed E-state index contributed by atoms with van der Waals surface area (Å²) in [6.45, 7) is 7.14. The van der Waals surface area contributed by atoms with Crippen molar-refractivity contribution in [3.8, 4) is 0 Å². The summed E-state index contributed by atoms with van der Waals surface area (Å²) < 4.78 is 9.54. The Bertz CT molecular complexity index is 298. The fourth-order valence-electron chi connectivity index (χ4n) is 1.73. The van der Waals surface area contributed by atoms with E-state index in [1.165, 1.54) is 7.11 Å². The van der Waals surface area contributed by atoms with E-state index in [4.69, 9.17) is 4.74 Å². The topological polar surface area (TPSA) is 59.1 Å². The quantitative estimate of drug-likeness (QED) is 0.529. The van der Waals surface area contributed by atoms with Crippen LogP contribution in [0.5, 0.6) is 0 Å². The maximum Gasteiger partial charge on any atom is 0.410 e. The Morgan fingerprint density at radius 2 is 1.94 bits per heavy atom. The third kappa shape index (κ3) is 4.75. The molecule has 6 heteroatoms. The van der Waals surface area contributed by atoms with Crippen molar-refractivity contribution in [3.05, 3.63) is 12.7 Å². The van der Waals surface area contributed by atoms with Crippen LogP contribution in [0.15, 0.2) is 12.7 Å². The molecule has 0 aromatic rings. The summed E-state index contributed by atoms with van der Waals surface area (Å²) in [6, 6.07) is 0. The van der Waals surface area contributed by atoms with Crippen molar-refractivity contribution in [3.63, 3.8) is 0 Å². The Hall–Kier alpha value is -1.56. The highest BCUT2D eigenvalue weighted by Crippen LogP contribution is 2.04. The van der Waals surface area contributed by atoms with Crippen molar-refractivity contribution in [2.45, 2.75) is 6.42 Å². The Labute approximate surface area is 107 Å². The van der Waals surface area contributed by atoms with Crippen molar-refractivity contribution in [1.82, 2.24) is 9.80 Å². The second kappa shape index (κ2) is 7.71. The van der Waals surface area contributed by atoms with E-state index in [0.29, 0.717) is 26.1 Å². The summed E-state index contributed by atoms with van der Waals surface area (Å²) in [5.41, 5.74) is 0. The Balaban J connectivity index is 2.21. The van der Waals surface area contributed by atoms with Crippen LogP contribution in [0.3, 0.4) is 0 Å². The zero-order valence-electron chi connectivity index (χ0n) is 10.8. The van der Waals surface area contributed by atoms with Gasteiger partial charge in [0.1, 0.15) is 6.61 Å². The average molecular weight is 256 g/mol. The Morgan fingerprint density at radius 3 is 2.50 bits per heavy atom. The number of nitrogens with zero attached hydrogens (tertiary/aromatic N) is 2. The number of amides is 1. The number of hydrogen-bond acceptors (Lipinski definition) is 5. The summed E-state index contributed by atoms with van der Waals surface area (Å²) >= 11 is 0. The molecular weight excluding hydrogens is 236 g/mol. The summed E-state index contributed by atoms with van der Waals surface area (Å²) in [7, 11) is 1.38. The average Bonchev–Trinajstić information content (AvgIpc) is 2.42. The molecular formula is C12H20N2O4. The monoisotopic (exact) mass is 256 g/mol. The summed E-state index contributed by atoms with van der Waals surface area (Å²) in [6.07, 6.45) is 1.63. The van der Waals surface area contributed by atoms with Gasteiger partial charge in [0.25, 0.3) is 0 Å². The SMILES string of the molecule is C=CCOC(=O)N1CCN(CCC(=O)OC)CC1. The normalized spacial score (nSPS) is 16.2. The first-order chi connectivity index (χ1) is 8.67. The van der Waals surface area contributed by atoms with Crippen LogP contribution in [0.1, 0.15) is 6.42 Å². The number of carbonyl (C=O) groups excluding carboxylic acids is 2. The van der Waals surface area contributed by atoms with Crippen molar-refractivity contribution in [2.75, 3.05) is 46.4 Å². The highest BCUT2D eigenvalue weighted by atomic mass is 16.6. The van der Waals surface area contributed by atoms with Gasteiger partial charge in [-0.3, -0.25) is 9.69 Å². The van der Waals surface area contributed by atoms with E-state index < -0.39 is 0 Å². The van der Waals surface area contributed by atoms with Crippen LogP contribution < -0.4 is 0 Å². The molecule has 1 heterocycles. The number of esters is 1. The molecule has 0 N–H and O–H groups in total. The highest BCUT2D eigenvalue weighted by molar-refractivity contribution is 5.69. The van der Waals surface area contributed by atoms with Crippen molar-refractivity contribution >= 4 is 12.1 Å². The lowest BCUT2D eigenvalue weighted by atomic mass is 10.3. The first-order valence-electron chi connectivity index (χ1n) is 5.99. The van der Waals surface area contributed by atoms with Gasteiger partial charge in [0.05, 0.1) is 13.5 Å². The van der Waals surface area contributed by atoms with Crippen LogP contribution in [-0.2, 0) is 14.3 Å². The van der Waals surface area contributed by atoms with Gasteiger partial charge in [-0.25, -0.2) is 4.79 Å². The lowest BCUT2D eigenvalue weighted by Gasteiger charge is -2.33. The van der Waals surface area contributed by atoms with Crippen LogP contribution in [0, 0.1) is 0 Å². The lowest BCUT2D eigenvalue weighted by Crippen LogP contribution is -2.49. The number of methoxy groups -OCH3 is 1. The first kappa shape index (κ1) is 14.5. The van der Waals surface area contributed by atoms with Gasteiger partial charge in [-0.05, 0) is 0 Å². The molecule has 0 aromatic carbocycles. The number of piperazine rings is 1. The van der Waals surface area contributed by atoms with Gasteiger partial charge in [0, 0.05) is 32.7 Å². The molecule has 1 aliphatic rings. The molecule has 102 valence electrons. The van der Waals surface area contributed by atoms with Crippen LogP contribution >= 0.6 is 0 Å². The van der Waals surface area contributed by atoms with Gasteiger partial charge in [-0.15, -0.1) is 0 Å². The van der Waals surface area contributed by atoms with Crippen molar-refractivity contribution in [2.24, 2.45) is 0 Å². The molecule has 0 spiro atoms. The molecule has 0 atom stereocenters. The van der Waals surface area contributed by atoms with E-state index in [1.54, 1.807) is 11.0 Å². The van der Waals surface area contributed by atoms with E-state index in [-0.39, 0.29) is 18.7 Å². The van der Waals surface area contributed by atoms with Gasteiger partial charge in [0.2, 0.25) is 0 Å². The zero-order valence-corrected chi connectivity index (χ0v) is 10.8. The molecule has 0 unspecified atom stereocenters. The predicted molar refractivity (Wildman–Crippen MR) is 66.2 cm³/mol. The minimum atomic E-state index is -0.303. The second-order valence-electron chi connectivity index (χ2n) is 4.02. The summed E-state index contributed by atoms with van der Waals surface area (Å²) in [4.78, 5) is 26.3. The van der Waals surface area contributed by atoms with Gasteiger partial charge in [-0.1, -0.05) is 12.7 Å². The van der Waals surface area contributed by atoms with Gasteiger partial charge < -0.3 is 14.4 Å². The fraction of sp³-hybridized carbons (Fsp3) is 0.667. The minimum Gasteiger partial charge on any atom is -0.469 e. The van der Waals surface area contributed by atoms with Crippen LogP contribution in [0.2, 0.25) is 0 Å². The van der Waals surface area contributed by atoms with E-state index in [1.807, 2.05) is 0 Å². The molecule has 1 saturated heterocycles. The maximum absolute atomic E-state index is 11.5. The molecule has 18 heavy (non-hydrogen) atoms. The van der Waals surface area contributed by atoms with Crippen LogP contribution in [0.25, 0.3) is 0 Å². The third-order valence-electron chi connectivity index (χ3n) is 2.81. The molecule has 0 aromatic heterocycles. The van der Waals surface area contributed by atoms with E-state index in [2.05, 4.69) is 16.2 Å². The molecule has 0 saturated carbocycles. The largest absolute Gasteiger partial charge is 0.469 e. The molecule has 6 nitrogen and oxygen atoms in total. The number of hydrogen-bond donors (Lipinski definition) is 0. The smallest absolute Gasteiger partial charge is 0.410 e. The minimum absolute atomic E-state index is 0.206. The van der Waals surface area contributed by atoms with Crippen molar-refractivity contribution in [1.29, 1.82) is 0 Å². The zero-order chi connectivity index (χ0) is 13.4. The first-order valence-corrected chi connectivity index (χ1v) is 5.99. The molecule has 0 aliphatic carbocycles. The molecule has 1 amide bonds. The Morgan fingerprint density at radius 1 is 1.28 bits per heavy atom. The standard InChI is InChI=1S/C12H20N2O4/c1-3-10-18-12(16)14-8-6-13(7-9-14)5-4-11(15)17-2/h3H,1,4-10H2,2H3. The second-order valence-corrected chi connectivity index (χ2v) is 4.02. The molecule has 1 fully saturated rings. The molecule has 0 radical (unpaired) electrons. The number of carbonyl (C=O) groups is 2. The summed E-state index contributed by atoms with van der Waals surface area (Å²) in [5.74, 6) is -0.206. The van der Waals surface area contributed by atoms with Gasteiger partial charge in [-0.2, -0.15) is 0 Å². The van der Waals surface area contributed by atoms with Crippen LogP contribution in [0.4, 0.5) is 4.79 Å². The molecule has 1 rings (SSSR count). The Kier molecular flexibility index (Phi) is 6.21. The third-order valence-corrected chi connectivity index (χ3v) is 2.81. The fourth-order valence-corrected chi connectivity index (χ4v) is 1.73. The van der Waals surface area contributed by atoms with E-state index in [9.17, 15) is 9.59 Å². The lowest BCUT2D eigenvalue weighted by molar-refractivity contribution is -0.141. The van der Waals surface area contributed by atoms with Gasteiger partial charge >= 0.3 is 12.1 Å². The predicted octanol–water partition coefficient (Wildman–Crippen LogP) is 0.490. The van der Waals surface area contributed by atoms with Gasteiger partial charge in [0.15, 0.2) is 0 Å². The molecule has 0 bridgehead atoms. The van der Waals surface area contributed by atoms with Crippen LogP contribution in [-0.4, -0.2) is 68.3 Å². The summed E-state index contributed by atoms with van der Waals surface area (Å²) in [5, 5.41) is 0. The number of ether oxygens (including phenoxy) is 2. The maximum atomic E-state index is 11.5. The van der Waals surface area contributed by atoms with E-state index >= 15 is 0 Å². The molecule has 1 aliphatic heterocycles. The highest BCUT2D eigenvalue weighted by Gasteiger charge is 2.22.